The normalized spacial score (nSPS) is 11.0. The van der Waals surface area contributed by atoms with Gasteiger partial charge in [-0.1, -0.05) is 6.92 Å². The van der Waals surface area contributed by atoms with Gasteiger partial charge in [0.1, 0.15) is 0 Å². The Morgan fingerprint density at radius 3 is 2.47 bits per heavy atom. The Kier molecular flexibility index (Phi) is 4.94. The number of nitrogens with two attached hydrogens (primary N) is 1. The van der Waals surface area contributed by atoms with E-state index in [-0.39, 0.29) is 0 Å². The van der Waals surface area contributed by atoms with Gasteiger partial charge in [-0.2, -0.15) is 0 Å². The molecular weight excluding hydrogens is 210 g/mol. The molecule has 0 spiro atoms. The van der Waals surface area contributed by atoms with Crippen LogP contribution in [-0.2, 0) is 6.54 Å². The molecule has 0 saturated heterocycles. The summed E-state index contributed by atoms with van der Waals surface area (Å²) in [4.78, 5) is 6.92. The van der Waals surface area contributed by atoms with Crippen LogP contribution in [-0.4, -0.2) is 17.6 Å². The number of aryl methyl sites for hydroxylation is 2. The van der Waals surface area contributed by atoms with E-state index in [4.69, 9.17) is 5.73 Å². The Hall–Kier alpha value is -1.09. The lowest BCUT2D eigenvalue weighted by Crippen LogP contribution is -2.33. The third kappa shape index (κ3) is 3.19. The molecule has 0 bridgehead atoms. The van der Waals surface area contributed by atoms with Crippen LogP contribution in [0.4, 0.5) is 5.69 Å². The van der Waals surface area contributed by atoms with E-state index in [9.17, 15) is 0 Å². The molecule has 0 amide bonds. The van der Waals surface area contributed by atoms with Crippen molar-refractivity contribution >= 4 is 5.69 Å². The van der Waals surface area contributed by atoms with Crippen LogP contribution in [0.3, 0.4) is 0 Å². The summed E-state index contributed by atoms with van der Waals surface area (Å²) in [5.74, 6) is 0. The monoisotopic (exact) mass is 235 g/mol. The first-order chi connectivity index (χ1) is 8.01. The van der Waals surface area contributed by atoms with Gasteiger partial charge in [-0.3, -0.25) is 4.98 Å². The van der Waals surface area contributed by atoms with Crippen molar-refractivity contribution in [3.63, 3.8) is 0 Å². The number of anilines is 1. The highest BCUT2D eigenvalue weighted by molar-refractivity contribution is 5.56. The van der Waals surface area contributed by atoms with Crippen LogP contribution < -0.4 is 10.6 Å². The van der Waals surface area contributed by atoms with Crippen molar-refractivity contribution in [2.45, 2.75) is 53.6 Å². The van der Waals surface area contributed by atoms with E-state index in [0.29, 0.717) is 12.6 Å². The van der Waals surface area contributed by atoms with Crippen molar-refractivity contribution in [1.29, 1.82) is 0 Å². The lowest BCUT2D eigenvalue weighted by atomic mass is 10.1. The van der Waals surface area contributed by atoms with E-state index in [2.05, 4.69) is 36.7 Å². The summed E-state index contributed by atoms with van der Waals surface area (Å²) in [6, 6.07) is 2.65. The van der Waals surface area contributed by atoms with Gasteiger partial charge in [0.2, 0.25) is 0 Å². The average Bonchev–Trinajstić information content (AvgIpc) is 2.24. The Morgan fingerprint density at radius 2 is 2.00 bits per heavy atom. The van der Waals surface area contributed by atoms with E-state index < -0.39 is 0 Å². The van der Waals surface area contributed by atoms with Gasteiger partial charge < -0.3 is 10.6 Å². The zero-order valence-electron chi connectivity index (χ0n) is 11.7. The van der Waals surface area contributed by atoms with Gasteiger partial charge in [0.25, 0.3) is 0 Å². The van der Waals surface area contributed by atoms with Crippen LogP contribution in [0.25, 0.3) is 0 Å². The Bertz CT molecular complexity index is 372. The van der Waals surface area contributed by atoms with E-state index in [1.54, 1.807) is 0 Å². The molecule has 3 nitrogen and oxygen atoms in total. The fraction of sp³-hybridized carbons (Fsp3) is 0.643. The molecule has 0 aromatic carbocycles. The molecule has 96 valence electrons. The van der Waals surface area contributed by atoms with Crippen LogP contribution in [0.2, 0.25) is 0 Å². The first-order valence-electron chi connectivity index (χ1n) is 6.45. The van der Waals surface area contributed by atoms with Crippen LogP contribution in [0, 0.1) is 13.8 Å². The fourth-order valence-corrected chi connectivity index (χ4v) is 2.24. The maximum absolute atomic E-state index is 5.87. The van der Waals surface area contributed by atoms with Crippen molar-refractivity contribution < 1.29 is 0 Å². The lowest BCUT2D eigenvalue weighted by molar-refractivity contribution is 0.665. The smallest absolute Gasteiger partial charge is 0.0450 e. The van der Waals surface area contributed by atoms with Gasteiger partial charge in [0.15, 0.2) is 0 Å². The van der Waals surface area contributed by atoms with Gasteiger partial charge >= 0.3 is 0 Å². The molecule has 0 aliphatic heterocycles. The first kappa shape index (κ1) is 14.0. The average molecular weight is 235 g/mol. The summed E-state index contributed by atoms with van der Waals surface area (Å²) in [6.45, 7) is 12.4. The minimum Gasteiger partial charge on any atom is -0.369 e. The molecule has 0 radical (unpaired) electrons. The van der Waals surface area contributed by atoms with Crippen molar-refractivity contribution in [2.24, 2.45) is 5.73 Å². The highest BCUT2D eigenvalue weighted by Gasteiger charge is 2.15. The molecule has 2 N–H and O–H groups in total. The van der Waals surface area contributed by atoms with Gasteiger partial charge in [0, 0.05) is 41.8 Å². The van der Waals surface area contributed by atoms with Gasteiger partial charge in [-0.05, 0) is 40.2 Å². The Balaban J connectivity index is 3.25. The number of hydrogen-bond donors (Lipinski definition) is 1. The second kappa shape index (κ2) is 6.01. The third-order valence-corrected chi connectivity index (χ3v) is 3.04. The molecule has 0 unspecified atom stereocenters. The molecular formula is C14H25N3. The van der Waals surface area contributed by atoms with Crippen LogP contribution in [0.15, 0.2) is 6.07 Å². The van der Waals surface area contributed by atoms with Crippen molar-refractivity contribution in [3.05, 3.63) is 23.0 Å². The highest BCUT2D eigenvalue weighted by atomic mass is 15.2. The summed E-state index contributed by atoms with van der Waals surface area (Å²) in [5, 5.41) is 0. The lowest BCUT2D eigenvalue weighted by Gasteiger charge is -2.31. The van der Waals surface area contributed by atoms with Gasteiger partial charge in [-0.25, -0.2) is 0 Å². The van der Waals surface area contributed by atoms with E-state index in [0.717, 1.165) is 24.4 Å². The summed E-state index contributed by atoms with van der Waals surface area (Å²) in [5.41, 5.74) is 10.4. The fourth-order valence-electron chi connectivity index (χ4n) is 2.24. The van der Waals surface area contributed by atoms with Crippen LogP contribution in [0.1, 0.15) is 44.1 Å². The van der Waals surface area contributed by atoms with Gasteiger partial charge in [0.05, 0.1) is 0 Å². The molecule has 3 heteroatoms. The topological polar surface area (TPSA) is 42.2 Å². The number of nitrogens with zero attached hydrogens (tertiary/aromatic N) is 2. The summed E-state index contributed by atoms with van der Waals surface area (Å²) < 4.78 is 0. The van der Waals surface area contributed by atoms with E-state index in [1.165, 1.54) is 11.3 Å². The third-order valence-electron chi connectivity index (χ3n) is 3.04. The molecule has 1 aromatic heterocycles. The summed E-state index contributed by atoms with van der Waals surface area (Å²) >= 11 is 0. The minimum absolute atomic E-state index is 0.487. The maximum atomic E-state index is 5.87. The molecule has 0 atom stereocenters. The molecule has 17 heavy (non-hydrogen) atoms. The molecule has 0 saturated carbocycles. The molecule has 1 aromatic rings. The maximum Gasteiger partial charge on any atom is 0.0450 e. The quantitative estimate of drug-likeness (QED) is 0.853. The zero-order valence-corrected chi connectivity index (χ0v) is 11.7. The molecule has 1 heterocycles. The van der Waals surface area contributed by atoms with E-state index >= 15 is 0 Å². The predicted octanol–water partition coefficient (Wildman–Crippen LogP) is 2.78. The zero-order chi connectivity index (χ0) is 13.0. The van der Waals surface area contributed by atoms with Crippen molar-refractivity contribution in [2.75, 3.05) is 11.4 Å². The molecule has 0 fully saturated rings. The predicted molar refractivity (Wildman–Crippen MR) is 74.4 cm³/mol. The van der Waals surface area contributed by atoms with Crippen molar-refractivity contribution in [1.82, 2.24) is 4.98 Å². The van der Waals surface area contributed by atoms with Crippen LogP contribution in [0.5, 0.6) is 0 Å². The van der Waals surface area contributed by atoms with E-state index in [1.807, 2.05) is 13.8 Å². The van der Waals surface area contributed by atoms with Gasteiger partial charge in [-0.15, -0.1) is 0 Å². The Labute approximate surface area is 105 Å². The second-order valence-electron chi connectivity index (χ2n) is 4.84. The molecule has 0 aliphatic rings. The Morgan fingerprint density at radius 1 is 1.35 bits per heavy atom. The summed E-state index contributed by atoms with van der Waals surface area (Å²) in [6.07, 6.45) is 1.14. The van der Waals surface area contributed by atoms with Crippen molar-refractivity contribution in [3.8, 4) is 0 Å². The number of rotatable bonds is 5. The second-order valence-corrected chi connectivity index (χ2v) is 4.84. The largest absolute Gasteiger partial charge is 0.369 e. The SMILES string of the molecule is CCCN(c1cc(C)nc(C)c1CN)C(C)C. The number of pyridine rings is 1. The standard InChI is InChI=1S/C14H25N3/c1-6-7-17(10(2)3)14-8-11(4)16-12(5)13(14)9-15/h8,10H,6-7,9,15H2,1-5H3. The molecule has 1 rings (SSSR count). The highest BCUT2D eigenvalue weighted by Crippen LogP contribution is 2.25. The molecule has 0 aliphatic carbocycles. The first-order valence-corrected chi connectivity index (χ1v) is 6.45. The summed E-state index contributed by atoms with van der Waals surface area (Å²) in [7, 11) is 0. The van der Waals surface area contributed by atoms with Crippen LogP contribution >= 0.6 is 0 Å². The number of aromatic nitrogens is 1. The minimum atomic E-state index is 0.487. The number of hydrogen-bond acceptors (Lipinski definition) is 3.